The quantitative estimate of drug-likeness (QED) is 0.268. The van der Waals surface area contributed by atoms with Crippen LogP contribution in [0.25, 0.3) is 16.7 Å². The number of para-hydroxylation sites is 1. The molecule has 146 valence electrons. The molecule has 0 bridgehead atoms. The molecule has 0 saturated heterocycles. The van der Waals surface area contributed by atoms with Gasteiger partial charge in [0.25, 0.3) is 5.56 Å². The van der Waals surface area contributed by atoms with Crippen molar-refractivity contribution in [3.8, 4) is 11.6 Å². The molecular formula is C23H21N3O2S. The van der Waals surface area contributed by atoms with Crippen LogP contribution in [0.15, 0.2) is 76.8 Å². The number of aryl methyl sites for hydroxylation is 2. The zero-order valence-electron chi connectivity index (χ0n) is 16.3. The van der Waals surface area contributed by atoms with E-state index in [2.05, 4.69) is 4.98 Å². The molecule has 0 spiro atoms. The van der Waals surface area contributed by atoms with Gasteiger partial charge < -0.3 is 4.74 Å². The molecule has 2 aromatic carbocycles. The highest BCUT2D eigenvalue weighted by atomic mass is 32.2. The van der Waals surface area contributed by atoms with Gasteiger partial charge >= 0.3 is 0 Å². The Morgan fingerprint density at radius 3 is 2.59 bits per heavy atom. The first-order valence-corrected chi connectivity index (χ1v) is 10.4. The fourth-order valence-corrected chi connectivity index (χ4v) is 3.80. The van der Waals surface area contributed by atoms with Crippen LogP contribution >= 0.6 is 11.8 Å². The average Bonchev–Trinajstić information content (AvgIpc) is 2.73. The van der Waals surface area contributed by atoms with E-state index in [1.165, 1.54) is 17.3 Å². The Bertz CT molecular complexity index is 1200. The summed E-state index contributed by atoms with van der Waals surface area (Å²) < 4.78 is 7.40. The smallest absolute Gasteiger partial charge is 0.267 e. The molecule has 0 unspecified atom stereocenters. The summed E-state index contributed by atoms with van der Waals surface area (Å²) in [6, 6.07) is 19.2. The van der Waals surface area contributed by atoms with Gasteiger partial charge in [0.05, 0.1) is 17.5 Å². The molecule has 2 heterocycles. The Morgan fingerprint density at radius 2 is 1.79 bits per heavy atom. The van der Waals surface area contributed by atoms with Gasteiger partial charge in [-0.2, -0.15) is 0 Å². The predicted octanol–water partition coefficient (Wildman–Crippen LogP) is 4.57. The topological polar surface area (TPSA) is 57.0 Å². The number of pyridine rings is 1. The molecule has 0 amide bonds. The summed E-state index contributed by atoms with van der Waals surface area (Å²) >= 11 is 1.49. The first-order valence-electron chi connectivity index (χ1n) is 9.39. The summed E-state index contributed by atoms with van der Waals surface area (Å²) in [6.45, 7) is 4.54. The second-order valence-electron chi connectivity index (χ2n) is 6.75. The Morgan fingerprint density at radius 1 is 1.00 bits per heavy atom. The lowest BCUT2D eigenvalue weighted by Gasteiger charge is -2.13. The lowest BCUT2D eigenvalue weighted by molar-refractivity contribution is 0.344. The molecule has 0 aliphatic heterocycles. The first kappa shape index (κ1) is 19.2. The van der Waals surface area contributed by atoms with Crippen molar-refractivity contribution in [2.45, 2.75) is 19.0 Å². The third kappa shape index (κ3) is 4.32. The van der Waals surface area contributed by atoms with Crippen LogP contribution in [-0.4, -0.2) is 26.9 Å². The lowest BCUT2D eigenvalue weighted by atomic mass is 10.2. The van der Waals surface area contributed by atoms with Gasteiger partial charge in [0, 0.05) is 11.9 Å². The Hall–Kier alpha value is -3.12. The first-order chi connectivity index (χ1) is 14.1. The van der Waals surface area contributed by atoms with E-state index in [9.17, 15) is 4.79 Å². The highest BCUT2D eigenvalue weighted by Crippen LogP contribution is 2.21. The van der Waals surface area contributed by atoms with Crippen LogP contribution < -0.4 is 10.3 Å². The van der Waals surface area contributed by atoms with Gasteiger partial charge in [-0.3, -0.25) is 4.79 Å². The zero-order valence-corrected chi connectivity index (χ0v) is 17.1. The monoisotopic (exact) mass is 403 g/mol. The SMILES string of the molecule is Cc1ccc(OCCSc2nc3ccccc3c(=O)n2-c2cc(C)ccn2)cc1. The van der Waals surface area contributed by atoms with Crippen molar-refractivity contribution in [1.29, 1.82) is 0 Å². The Kier molecular flexibility index (Phi) is 5.62. The van der Waals surface area contributed by atoms with Gasteiger partial charge in [0.2, 0.25) is 0 Å². The van der Waals surface area contributed by atoms with Crippen LogP contribution in [0.5, 0.6) is 5.75 Å². The molecule has 2 aromatic heterocycles. The lowest BCUT2D eigenvalue weighted by Crippen LogP contribution is -2.23. The number of benzene rings is 2. The summed E-state index contributed by atoms with van der Waals surface area (Å²) in [6.07, 6.45) is 1.71. The standard InChI is InChI=1S/C23H21N3O2S/c1-16-7-9-18(10-8-16)28-13-14-29-23-25-20-6-4-3-5-19(20)22(27)26(23)21-15-17(2)11-12-24-21/h3-12,15H,13-14H2,1-2H3. The molecule has 0 N–H and O–H groups in total. The highest BCUT2D eigenvalue weighted by molar-refractivity contribution is 7.99. The molecule has 29 heavy (non-hydrogen) atoms. The van der Waals surface area contributed by atoms with Crippen molar-refractivity contribution in [2.75, 3.05) is 12.4 Å². The largest absolute Gasteiger partial charge is 0.493 e. The van der Waals surface area contributed by atoms with Crippen molar-refractivity contribution in [1.82, 2.24) is 14.5 Å². The van der Waals surface area contributed by atoms with Crippen LogP contribution in [-0.2, 0) is 0 Å². The van der Waals surface area contributed by atoms with Gasteiger partial charge in [-0.1, -0.05) is 41.6 Å². The minimum absolute atomic E-state index is 0.115. The second-order valence-corrected chi connectivity index (χ2v) is 7.82. The molecule has 0 fully saturated rings. The van der Waals surface area contributed by atoms with Crippen LogP contribution in [0, 0.1) is 13.8 Å². The van der Waals surface area contributed by atoms with Gasteiger partial charge in [0.1, 0.15) is 11.6 Å². The third-order valence-corrected chi connectivity index (χ3v) is 5.38. The zero-order chi connectivity index (χ0) is 20.2. The Labute approximate surface area is 173 Å². The minimum Gasteiger partial charge on any atom is -0.493 e. The number of hydrogen-bond donors (Lipinski definition) is 0. The molecule has 0 radical (unpaired) electrons. The van der Waals surface area contributed by atoms with Crippen LogP contribution in [0.3, 0.4) is 0 Å². The fourth-order valence-electron chi connectivity index (χ4n) is 2.98. The molecule has 5 nitrogen and oxygen atoms in total. The van der Waals surface area contributed by atoms with Crippen molar-refractivity contribution in [3.05, 3.63) is 88.3 Å². The van der Waals surface area contributed by atoms with E-state index in [4.69, 9.17) is 9.72 Å². The van der Waals surface area contributed by atoms with E-state index >= 15 is 0 Å². The number of aromatic nitrogens is 3. The minimum atomic E-state index is -0.115. The maximum Gasteiger partial charge on any atom is 0.267 e. The third-order valence-electron chi connectivity index (χ3n) is 4.48. The van der Waals surface area contributed by atoms with E-state index in [0.717, 1.165) is 11.3 Å². The number of thioether (sulfide) groups is 1. The Balaban J connectivity index is 1.62. The van der Waals surface area contributed by atoms with Crippen LogP contribution in [0.1, 0.15) is 11.1 Å². The summed E-state index contributed by atoms with van der Waals surface area (Å²) in [5.74, 6) is 2.07. The summed E-state index contributed by atoms with van der Waals surface area (Å²) in [5, 5.41) is 1.19. The van der Waals surface area contributed by atoms with Crippen molar-refractivity contribution >= 4 is 22.7 Å². The van der Waals surface area contributed by atoms with E-state index < -0.39 is 0 Å². The van der Waals surface area contributed by atoms with Gasteiger partial charge in [0.15, 0.2) is 5.16 Å². The molecule has 0 aliphatic carbocycles. The molecule has 0 atom stereocenters. The summed E-state index contributed by atoms with van der Waals surface area (Å²) in [4.78, 5) is 22.3. The molecule has 0 saturated carbocycles. The number of rotatable bonds is 6. The molecule has 4 rings (SSSR count). The highest BCUT2D eigenvalue weighted by Gasteiger charge is 2.14. The fraction of sp³-hybridized carbons (Fsp3) is 0.174. The number of fused-ring (bicyclic) bond motifs is 1. The number of nitrogens with zero attached hydrogens (tertiary/aromatic N) is 3. The van der Waals surface area contributed by atoms with Crippen molar-refractivity contribution in [2.24, 2.45) is 0 Å². The summed E-state index contributed by atoms with van der Waals surface area (Å²) in [7, 11) is 0. The predicted molar refractivity (Wildman–Crippen MR) is 117 cm³/mol. The van der Waals surface area contributed by atoms with E-state index in [1.807, 2.05) is 68.4 Å². The van der Waals surface area contributed by atoms with Gasteiger partial charge in [-0.15, -0.1) is 0 Å². The van der Waals surface area contributed by atoms with E-state index in [0.29, 0.717) is 34.2 Å². The number of ether oxygens (including phenoxy) is 1. The van der Waals surface area contributed by atoms with E-state index in [1.54, 1.807) is 16.8 Å². The molecule has 6 heteroatoms. The van der Waals surface area contributed by atoms with Crippen molar-refractivity contribution < 1.29 is 4.74 Å². The maximum absolute atomic E-state index is 13.2. The van der Waals surface area contributed by atoms with Gasteiger partial charge in [-0.05, 0) is 55.8 Å². The normalized spacial score (nSPS) is 11.0. The van der Waals surface area contributed by atoms with E-state index in [-0.39, 0.29) is 5.56 Å². The van der Waals surface area contributed by atoms with Gasteiger partial charge in [-0.25, -0.2) is 14.5 Å². The average molecular weight is 404 g/mol. The molecular weight excluding hydrogens is 382 g/mol. The second kappa shape index (κ2) is 8.49. The van der Waals surface area contributed by atoms with Crippen LogP contribution in [0.2, 0.25) is 0 Å². The molecule has 4 aromatic rings. The summed E-state index contributed by atoms with van der Waals surface area (Å²) in [5.41, 5.74) is 2.80. The molecule has 0 aliphatic rings. The van der Waals surface area contributed by atoms with Crippen LogP contribution in [0.4, 0.5) is 0 Å². The number of hydrogen-bond acceptors (Lipinski definition) is 5. The van der Waals surface area contributed by atoms with Crippen molar-refractivity contribution in [3.63, 3.8) is 0 Å². The maximum atomic E-state index is 13.2.